The van der Waals surface area contributed by atoms with Crippen molar-refractivity contribution in [1.29, 1.82) is 0 Å². The molecule has 0 atom stereocenters. The van der Waals surface area contributed by atoms with Crippen LogP contribution in [0.5, 0.6) is 0 Å². The predicted molar refractivity (Wildman–Crippen MR) is 117 cm³/mol. The molecule has 0 N–H and O–H groups in total. The van der Waals surface area contributed by atoms with Crippen molar-refractivity contribution in [3.05, 3.63) is 64.9 Å². The fourth-order valence-electron chi connectivity index (χ4n) is 3.85. The molecular weight excluding hydrogens is 416 g/mol. The van der Waals surface area contributed by atoms with Gasteiger partial charge in [0.2, 0.25) is 11.7 Å². The van der Waals surface area contributed by atoms with E-state index in [1.807, 2.05) is 48.2 Å². The third-order valence-corrected chi connectivity index (χ3v) is 5.98. The summed E-state index contributed by atoms with van der Waals surface area (Å²) in [5.74, 6) is 2.08. The first-order valence-corrected chi connectivity index (χ1v) is 10.5. The maximum Gasteiger partial charge on any atom is 0.227 e. The lowest BCUT2D eigenvalue weighted by molar-refractivity contribution is -0.130. The van der Waals surface area contributed by atoms with E-state index in [-0.39, 0.29) is 5.91 Å². The molecule has 0 radical (unpaired) electrons. The van der Waals surface area contributed by atoms with E-state index in [9.17, 15) is 4.79 Å². The number of hydrogen-bond acceptors (Lipinski definition) is 6. The van der Waals surface area contributed by atoms with Gasteiger partial charge in [-0.05, 0) is 48.4 Å². The predicted octanol–water partition coefficient (Wildman–Crippen LogP) is 3.24. The van der Waals surface area contributed by atoms with E-state index in [1.165, 1.54) is 0 Å². The quantitative estimate of drug-likeness (QED) is 0.488. The number of carbonyl (C=O) groups excluding carboxylic acids is 1. The number of aryl methyl sites for hydroxylation is 1. The maximum atomic E-state index is 12.8. The van der Waals surface area contributed by atoms with Crippen molar-refractivity contribution in [2.24, 2.45) is 0 Å². The van der Waals surface area contributed by atoms with E-state index in [0.717, 1.165) is 16.9 Å². The van der Waals surface area contributed by atoms with Crippen molar-refractivity contribution in [2.75, 3.05) is 31.1 Å². The smallest absolute Gasteiger partial charge is 0.227 e. The van der Waals surface area contributed by atoms with Gasteiger partial charge in [0, 0.05) is 31.2 Å². The number of amides is 1. The summed E-state index contributed by atoms with van der Waals surface area (Å²) in [4.78, 5) is 16.9. The second-order valence-electron chi connectivity index (χ2n) is 7.54. The molecular formula is C22H21ClN6O2. The highest BCUT2D eigenvalue weighted by Gasteiger charge is 2.24. The molecule has 0 aliphatic carbocycles. The third-order valence-electron chi connectivity index (χ3n) is 5.63. The Morgan fingerprint density at radius 1 is 1.06 bits per heavy atom. The molecule has 1 aliphatic rings. The summed E-state index contributed by atoms with van der Waals surface area (Å²) in [7, 11) is 0. The molecule has 0 unspecified atom stereocenters. The Bertz CT molecular complexity index is 1210. The molecule has 158 valence electrons. The van der Waals surface area contributed by atoms with Gasteiger partial charge in [-0.15, -0.1) is 15.3 Å². The molecule has 0 spiro atoms. The molecule has 5 rings (SSSR count). The Balaban J connectivity index is 1.29. The van der Waals surface area contributed by atoms with Crippen LogP contribution in [0.2, 0.25) is 5.02 Å². The molecule has 31 heavy (non-hydrogen) atoms. The first-order valence-electron chi connectivity index (χ1n) is 10.1. The topological polar surface area (TPSA) is 79.8 Å². The number of piperazine rings is 1. The highest BCUT2D eigenvalue weighted by atomic mass is 35.5. The normalized spacial score (nSPS) is 14.4. The van der Waals surface area contributed by atoms with Gasteiger partial charge in [-0.1, -0.05) is 23.7 Å². The lowest BCUT2D eigenvalue weighted by Gasteiger charge is -2.35. The number of halogens is 1. The summed E-state index contributed by atoms with van der Waals surface area (Å²) in [6.07, 6.45) is 1.92. The summed E-state index contributed by atoms with van der Waals surface area (Å²) in [6.45, 7) is 4.65. The summed E-state index contributed by atoms with van der Waals surface area (Å²) < 4.78 is 7.13. The minimum absolute atomic E-state index is 0.0955. The number of aromatic nitrogens is 4. The number of carbonyl (C=O) groups is 1. The van der Waals surface area contributed by atoms with Crippen LogP contribution in [0.3, 0.4) is 0 Å². The minimum Gasteiger partial charge on any atom is -0.461 e. The summed E-state index contributed by atoms with van der Waals surface area (Å²) in [5, 5.41) is 13.7. The van der Waals surface area contributed by atoms with Gasteiger partial charge in [0.1, 0.15) is 5.82 Å². The largest absolute Gasteiger partial charge is 0.461 e. The Morgan fingerprint density at radius 2 is 1.90 bits per heavy atom. The van der Waals surface area contributed by atoms with Crippen LogP contribution >= 0.6 is 11.6 Å². The molecule has 0 bridgehead atoms. The van der Waals surface area contributed by atoms with Gasteiger partial charge in [-0.2, -0.15) is 4.52 Å². The van der Waals surface area contributed by atoms with E-state index >= 15 is 0 Å². The number of anilines is 1. The zero-order valence-electron chi connectivity index (χ0n) is 17.0. The van der Waals surface area contributed by atoms with Gasteiger partial charge in [-0.25, -0.2) is 0 Å². The summed E-state index contributed by atoms with van der Waals surface area (Å²) in [6, 6.07) is 13.2. The fourth-order valence-corrected chi connectivity index (χ4v) is 4.13. The monoisotopic (exact) mass is 436 g/mol. The SMILES string of the molecule is Cc1cccc(Cl)c1CC(=O)N1CCN(c2ccc3nnc(-c4ccco4)n3n2)CC1. The van der Waals surface area contributed by atoms with Crippen LogP contribution in [0.1, 0.15) is 11.1 Å². The molecule has 1 aliphatic heterocycles. The highest BCUT2D eigenvalue weighted by Crippen LogP contribution is 2.23. The molecule has 8 nitrogen and oxygen atoms in total. The van der Waals surface area contributed by atoms with Crippen LogP contribution in [0.4, 0.5) is 5.82 Å². The van der Waals surface area contributed by atoms with Gasteiger partial charge >= 0.3 is 0 Å². The lowest BCUT2D eigenvalue weighted by Crippen LogP contribution is -2.49. The Kier molecular flexibility index (Phi) is 5.07. The molecule has 1 saturated heterocycles. The van der Waals surface area contributed by atoms with Crippen LogP contribution in [0.15, 0.2) is 53.1 Å². The van der Waals surface area contributed by atoms with Gasteiger partial charge in [0.25, 0.3) is 0 Å². The van der Waals surface area contributed by atoms with Crippen LogP contribution in [-0.2, 0) is 11.2 Å². The molecule has 9 heteroatoms. The van der Waals surface area contributed by atoms with E-state index in [4.69, 9.17) is 21.1 Å². The first kappa shape index (κ1) is 19.6. The van der Waals surface area contributed by atoms with Crippen molar-refractivity contribution in [3.63, 3.8) is 0 Å². The Labute approximate surface area is 184 Å². The second kappa shape index (κ2) is 8.03. The molecule has 1 amide bonds. The number of hydrogen-bond donors (Lipinski definition) is 0. The number of furan rings is 1. The van der Waals surface area contributed by atoms with Crippen molar-refractivity contribution < 1.29 is 9.21 Å². The van der Waals surface area contributed by atoms with Crippen molar-refractivity contribution in [2.45, 2.75) is 13.3 Å². The van der Waals surface area contributed by atoms with E-state index < -0.39 is 0 Å². The van der Waals surface area contributed by atoms with E-state index in [2.05, 4.69) is 15.1 Å². The molecule has 4 aromatic rings. The average Bonchev–Trinajstić information content (AvgIpc) is 3.45. The Morgan fingerprint density at radius 3 is 2.65 bits per heavy atom. The van der Waals surface area contributed by atoms with Crippen LogP contribution in [0.25, 0.3) is 17.2 Å². The van der Waals surface area contributed by atoms with Crippen LogP contribution < -0.4 is 4.90 Å². The summed E-state index contributed by atoms with van der Waals surface area (Å²) >= 11 is 6.30. The average molecular weight is 437 g/mol. The summed E-state index contributed by atoms with van der Waals surface area (Å²) in [5.41, 5.74) is 2.60. The number of nitrogens with zero attached hydrogens (tertiary/aromatic N) is 6. The Hall–Kier alpha value is -3.39. The number of fused-ring (bicyclic) bond motifs is 1. The van der Waals surface area contributed by atoms with Crippen molar-refractivity contribution in [3.8, 4) is 11.6 Å². The van der Waals surface area contributed by atoms with Gasteiger partial charge < -0.3 is 14.2 Å². The molecule has 1 aromatic carbocycles. The van der Waals surface area contributed by atoms with Crippen LogP contribution in [0, 0.1) is 6.92 Å². The number of benzene rings is 1. The molecule has 3 aromatic heterocycles. The first-order chi connectivity index (χ1) is 15.1. The van der Waals surface area contributed by atoms with E-state index in [0.29, 0.717) is 54.9 Å². The second-order valence-corrected chi connectivity index (χ2v) is 7.95. The highest BCUT2D eigenvalue weighted by molar-refractivity contribution is 6.31. The van der Waals surface area contributed by atoms with Gasteiger partial charge in [-0.3, -0.25) is 4.79 Å². The van der Waals surface area contributed by atoms with E-state index in [1.54, 1.807) is 16.8 Å². The molecule has 4 heterocycles. The van der Waals surface area contributed by atoms with Gasteiger partial charge in [0.05, 0.1) is 12.7 Å². The molecule has 0 saturated carbocycles. The van der Waals surface area contributed by atoms with Crippen molar-refractivity contribution >= 4 is 29.0 Å². The third kappa shape index (κ3) is 3.74. The maximum absolute atomic E-state index is 12.8. The fraction of sp³-hybridized carbons (Fsp3) is 0.273. The minimum atomic E-state index is 0.0955. The van der Waals surface area contributed by atoms with Gasteiger partial charge in [0.15, 0.2) is 11.4 Å². The lowest BCUT2D eigenvalue weighted by atomic mass is 10.0. The van der Waals surface area contributed by atoms with Crippen LogP contribution in [-0.4, -0.2) is 56.8 Å². The van der Waals surface area contributed by atoms with Crippen molar-refractivity contribution in [1.82, 2.24) is 24.7 Å². The standard InChI is InChI=1S/C22H21ClN6O2/c1-15-4-2-5-17(23)16(15)14-21(30)28-11-9-27(10-12-28)20-8-7-19-24-25-22(29(19)26-20)18-6-3-13-31-18/h2-8,13H,9-12,14H2,1H3. The zero-order valence-corrected chi connectivity index (χ0v) is 17.8. The zero-order chi connectivity index (χ0) is 21.4. The number of rotatable bonds is 4. The molecule has 1 fully saturated rings.